The fraction of sp³-hybridized carbons (Fsp3) is 0.222. The quantitative estimate of drug-likeness (QED) is 0.602. The van der Waals surface area contributed by atoms with E-state index in [2.05, 4.69) is 15.6 Å². The summed E-state index contributed by atoms with van der Waals surface area (Å²) >= 11 is 0. The van der Waals surface area contributed by atoms with E-state index < -0.39 is 47.6 Å². The lowest BCUT2D eigenvalue weighted by atomic mass is 10.1. The highest BCUT2D eigenvalue weighted by Gasteiger charge is 2.34. The maximum absolute atomic E-state index is 13.0. The van der Waals surface area contributed by atoms with Crippen molar-refractivity contribution in [2.45, 2.75) is 25.0 Å². The number of amides is 1. The van der Waals surface area contributed by atoms with Gasteiger partial charge in [-0.15, -0.1) is 5.10 Å². The van der Waals surface area contributed by atoms with Gasteiger partial charge in [-0.25, -0.2) is 4.68 Å². The first kappa shape index (κ1) is 22.0. The SMILES string of the molecule is N#Cc1ccc(NC(=O)[C@@H](O)Cn2nnc3ccc(C(F)(F)F)cc32)cc1C(F)(F)F. The van der Waals surface area contributed by atoms with Gasteiger partial charge in [-0.3, -0.25) is 4.79 Å². The molecule has 0 aliphatic rings. The van der Waals surface area contributed by atoms with Crippen LogP contribution < -0.4 is 5.32 Å². The summed E-state index contributed by atoms with van der Waals surface area (Å²) in [5, 5.41) is 28.1. The van der Waals surface area contributed by atoms with Crippen LogP contribution in [-0.4, -0.2) is 32.1 Å². The number of nitriles is 1. The van der Waals surface area contributed by atoms with Gasteiger partial charge in [0.05, 0.1) is 34.8 Å². The molecule has 0 bridgehead atoms. The molecular weight excluding hydrogens is 432 g/mol. The zero-order valence-corrected chi connectivity index (χ0v) is 15.2. The molecule has 2 N–H and O–H groups in total. The second-order valence-corrected chi connectivity index (χ2v) is 6.35. The number of rotatable bonds is 4. The van der Waals surface area contributed by atoms with Crippen LogP contribution in [0.3, 0.4) is 0 Å². The minimum atomic E-state index is -4.85. The number of alkyl halides is 6. The maximum Gasteiger partial charge on any atom is 0.417 e. The van der Waals surface area contributed by atoms with Crippen molar-refractivity contribution in [1.29, 1.82) is 5.26 Å². The molecule has 0 aliphatic heterocycles. The Morgan fingerprint density at radius 3 is 2.45 bits per heavy atom. The third-order valence-electron chi connectivity index (χ3n) is 4.20. The molecule has 1 heterocycles. The third-order valence-corrected chi connectivity index (χ3v) is 4.20. The average Bonchev–Trinajstić information content (AvgIpc) is 3.08. The lowest BCUT2D eigenvalue weighted by molar-refractivity contribution is -0.138. The van der Waals surface area contributed by atoms with Gasteiger partial charge in [0.25, 0.3) is 5.91 Å². The zero-order valence-electron chi connectivity index (χ0n) is 15.2. The molecule has 0 radical (unpaired) electrons. The Morgan fingerprint density at radius 1 is 1.13 bits per heavy atom. The highest BCUT2D eigenvalue weighted by atomic mass is 19.4. The van der Waals surface area contributed by atoms with Gasteiger partial charge in [0.15, 0.2) is 6.10 Å². The minimum Gasteiger partial charge on any atom is -0.381 e. The Balaban J connectivity index is 1.80. The number of fused-ring (bicyclic) bond motifs is 1. The van der Waals surface area contributed by atoms with Crippen molar-refractivity contribution >= 4 is 22.6 Å². The number of nitrogens with one attached hydrogen (secondary N) is 1. The molecule has 0 saturated heterocycles. The lowest BCUT2D eigenvalue weighted by Gasteiger charge is -2.14. The van der Waals surface area contributed by atoms with Crippen LogP contribution in [-0.2, 0) is 23.7 Å². The minimum absolute atomic E-state index is 0.0857. The van der Waals surface area contributed by atoms with Gasteiger partial charge in [-0.2, -0.15) is 31.6 Å². The number of nitrogens with zero attached hydrogens (tertiary/aromatic N) is 4. The predicted molar refractivity (Wildman–Crippen MR) is 93.3 cm³/mol. The van der Waals surface area contributed by atoms with E-state index in [1.54, 1.807) is 0 Å². The Morgan fingerprint density at radius 2 is 1.84 bits per heavy atom. The molecule has 1 aromatic heterocycles. The Bertz CT molecular complexity index is 1180. The van der Waals surface area contributed by atoms with E-state index >= 15 is 0 Å². The largest absolute Gasteiger partial charge is 0.417 e. The van der Waals surface area contributed by atoms with Crippen LogP contribution in [0.4, 0.5) is 32.0 Å². The van der Waals surface area contributed by atoms with Gasteiger partial charge >= 0.3 is 12.4 Å². The van der Waals surface area contributed by atoms with E-state index in [0.717, 1.165) is 35.0 Å². The van der Waals surface area contributed by atoms with Gasteiger partial charge in [-0.1, -0.05) is 5.21 Å². The molecule has 1 amide bonds. The average molecular weight is 443 g/mol. The molecule has 7 nitrogen and oxygen atoms in total. The molecule has 162 valence electrons. The Labute approximate surface area is 169 Å². The summed E-state index contributed by atoms with van der Waals surface area (Å²) in [4.78, 5) is 12.2. The van der Waals surface area contributed by atoms with Crippen LogP contribution in [0.5, 0.6) is 0 Å². The number of anilines is 1. The van der Waals surface area contributed by atoms with Gasteiger partial charge < -0.3 is 10.4 Å². The molecule has 0 fully saturated rings. The number of halogens is 6. The van der Waals surface area contributed by atoms with E-state index in [0.29, 0.717) is 6.07 Å². The summed E-state index contributed by atoms with van der Waals surface area (Å²) < 4.78 is 78.6. The van der Waals surface area contributed by atoms with Crippen molar-refractivity contribution in [3.63, 3.8) is 0 Å². The van der Waals surface area contributed by atoms with Gasteiger partial charge in [0.1, 0.15) is 5.52 Å². The van der Waals surface area contributed by atoms with E-state index in [1.807, 2.05) is 0 Å². The lowest BCUT2D eigenvalue weighted by Crippen LogP contribution is -2.32. The van der Waals surface area contributed by atoms with Crippen LogP contribution in [0.15, 0.2) is 36.4 Å². The molecule has 3 aromatic rings. The highest BCUT2D eigenvalue weighted by Crippen LogP contribution is 2.34. The molecule has 3 rings (SSSR count). The summed E-state index contributed by atoms with van der Waals surface area (Å²) in [6.07, 6.45) is -11.4. The second kappa shape index (κ2) is 7.88. The molecule has 31 heavy (non-hydrogen) atoms. The number of carbonyl (C=O) groups is 1. The number of benzene rings is 2. The second-order valence-electron chi connectivity index (χ2n) is 6.35. The first-order chi connectivity index (χ1) is 14.4. The molecule has 0 saturated carbocycles. The summed E-state index contributed by atoms with van der Waals surface area (Å²) in [5.41, 5.74) is -3.26. The molecule has 2 aromatic carbocycles. The smallest absolute Gasteiger partial charge is 0.381 e. The normalized spacial score (nSPS) is 13.1. The van der Waals surface area contributed by atoms with Crippen molar-refractivity contribution in [2.75, 3.05) is 5.32 Å². The fourth-order valence-electron chi connectivity index (χ4n) is 2.70. The summed E-state index contributed by atoms with van der Waals surface area (Å²) in [6.45, 7) is -0.605. The van der Waals surface area contributed by atoms with Crippen LogP contribution in [0.25, 0.3) is 11.0 Å². The van der Waals surface area contributed by atoms with Crippen molar-refractivity contribution in [2.24, 2.45) is 0 Å². The first-order valence-electron chi connectivity index (χ1n) is 8.41. The molecular formula is C18H11F6N5O2. The molecule has 0 spiro atoms. The van der Waals surface area contributed by atoms with Crippen LogP contribution in [0, 0.1) is 11.3 Å². The first-order valence-corrected chi connectivity index (χ1v) is 8.41. The van der Waals surface area contributed by atoms with Crippen LogP contribution in [0.2, 0.25) is 0 Å². The van der Waals surface area contributed by atoms with E-state index in [9.17, 15) is 36.2 Å². The number of aliphatic hydroxyl groups excluding tert-OH is 1. The molecule has 0 unspecified atom stereocenters. The number of hydrogen-bond acceptors (Lipinski definition) is 5. The fourth-order valence-corrected chi connectivity index (χ4v) is 2.70. The Hall–Kier alpha value is -3.66. The zero-order chi connectivity index (χ0) is 23.0. The summed E-state index contributed by atoms with van der Waals surface area (Å²) in [6, 6.07) is 6.43. The Kier molecular flexibility index (Phi) is 5.60. The topological polar surface area (TPSA) is 104 Å². The highest BCUT2D eigenvalue weighted by molar-refractivity contribution is 5.94. The van der Waals surface area contributed by atoms with Crippen molar-refractivity contribution in [3.8, 4) is 6.07 Å². The third kappa shape index (κ3) is 4.75. The van der Waals surface area contributed by atoms with Crippen molar-refractivity contribution in [3.05, 3.63) is 53.1 Å². The van der Waals surface area contributed by atoms with E-state index in [-0.39, 0.29) is 16.7 Å². The van der Waals surface area contributed by atoms with E-state index in [1.165, 1.54) is 6.07 Å². The number of carbonyl (C=O) groups excluding carboxylic acids is 1. The van der Waals surface area contributed by atoms with Crippen molar-refractivity contribution in [1.82, 2.24) is 15.0 Å². The summed E-state index contributed by atoms with van der Waals surface area (Å²) in [7, 11) is 0. The number of aliphatic hydroxyl groups is 1. The van der Waals surface area contributed by atoms with Crippen LogP contribution in [0.1, 0.15) is 16.7 Å². The van der Waals surface area contributed by atoms with E-state index in [4.69, 9.17) is 5.26 Å². The molecule has 1 atom stereocenters. The molecule has 0 aliphatic carbocycles. The molecule has 13 heteroatoms. The standard InChI is InChI=1S/C18H11F6N5O2/c19-17(20,21)10-2-4-13-14(5-10)29(28-27-13)8-15(30)16(31)26-11-3-1-9(7-25)12(6-11)18(22,23)24/h1-6,15,30H,8H2,(H,26,31)/t15-/m0/s1. The predicted octanol–water partition coefficient (Wildman–Crippen LogP) is 3.34. The van der Waals surface area contributed by atoms with Crippen molar-refractivity contribution < 1.29 is 36.2 Å². The monoisotopic (exact) mass is 443 g/mol. The van der Waals surface area contributed by atoms with Gasteiger partial charge in [0.2, 0.25) is 0 Å². The summed E-state index contributed by atoms with van der Waals surface area (Å²) in [5.74, 6) is -1.13. The van der Waals surface area contributed by atoms with Crippen LogP contribution >= 0.6 is 0 Å². The number of hydrogen-bond donors (Lipinski definition) is 2. The van der Waals surface area contributed by atoms with Gasteiger partial charge in [0, 0.05) is 5.69 Å². The maximum atomic E-state index is 13.0. The number of aromatic nitrogens is 3. The van der Waals surface area contributed by atoms with Gasteiger partial charge in [-0.05, 0) is 36.4 Å².